The fourth-order valence-corrected chi connectivity index (χ4v) is 5.30. The Kier molecular flexibility index (Phi) is 6.99. The summed E-state index contributed by atoms with van der Waals surface area (Å²) in [6.45, 7) is 6.92. The van der Waals surface area contributed by atoms with Crippen molar-refractivity contribution in [3.05, 3.63) is 107 Å². The van der Waals surface area contributed by atoms with Crippen LogP contribution in [0.3, 0.4) is 0 Å². The fraction of sp³-hybridized carbons (Fsp3) is 0.273. The van der Waals surface area contributed by atoms with Gasteiger partial charge in [0.2, 0.25) is 0 Å². The van der Waals surface area contributed by atoms with Crippen LogP contribution in [0.5, 0.6) is 0 Å². The van der Waals surface area contributed by atoms with E-state index in [4.69, 9.17) is 0 Å². The minimum absolute atomic E-state index is 0.0507. The largest absolute Gasteiger partial charge is 0.383 e. The Hall–Kier alpha value is -5.35. The van der Waals surface area contributed by atoms with Gasteiger partial charge in [0.1, 0.15) is 23.6 Å². The van der Waals surface area contributed by atoms with Gasteiger partial charge >= 0.3 is 0 Å². The van der Waals surface area contributed by atoms with Crippen LogP contribution in [0.25, 0.3) is 10.9 Å². The molecule has 3 heterocycles. The molecule has 1 aliphatic rings. The molecule has 1 atom stereocenters. The second kappa shape index (κ2) is 10.8. The molecule has 1 saturated carbocycles. The molecule has 9 nitrogen and oxygen atoms in total. The van der Waals surface area contributed by atoms with Gasteiger partial charge < -0.3 is 10.6 Å². The van der Waals surface area contributed by atoms with E-state index >= 15 is 0 Å². The number of nitriles is 2. The highest BCUT2D eigenvalue weighted by Gasteiger charge is 2.47. The van der Waals surface area contributed by atoms with Gasteiger partial charge in [0, 0.05) is 36.2 Å². The number of aromatic nitrogens is 5. The van der Waals surface area contributed by atoms with E-state index in [1.807, 2.05) is 29.1 Å². The van der Waals surface area contributed by atoms with E-state index in [2.05, 4.69) is 63.8 Å². The van der Waals surface area contributed by atoms with Gasteiger partial charge in [-0.25, -0.2) is 9.07 Å². The predicted octanol–water partition coefficient (Wildman–Crippen LogP) is 6.30. The highest BCUT2D eigenvalue weighted by molar-refractivity contribution is 5.99. The van der Waals surface area contributed by atoms with Crippen LogP contribution in [0.2, 0.25) is 0 Å². The first-order chi connectivity index (χ1) is 20.7. The third-order valence-corrected chi connectivity index (χ3v) is 7.71. The zero-order valence-electron chi connectivity index (χ0n) is 24.1. The van der Waals surface area contributed by atoms with Crippen LogP contribution in [0, 0.1) is 33.9 Å². The van der Waals surface area contributed by atoms with Crippen LogP contribution in [-0.2, 0) is 5.54 Å². The Labute approximate surface area is 249 Å². The van der Waals surface area contributed by atoms with Crippen molar-refractivity contribution in [2.24, 2.45) is 5.41 Å². The van der Waals surface area contributed by atoms with Crippen molar-refractivity contribution in [1.29, 1.82) is 10.5 Å². The average Bonchev–Trinajstić information content (AvgIpc) is 3.68. The summed E-state index contributed by atoms with van der Waals surface area (Å²) in [7, 11) is 0. The monoisotopic (exact) mass is 571 g/mol. The average molecular weight is 572 g/mol. The molecule has 0 spiro atoms. The molecule has 0 aliphatic heterocycles. The summed E-state index contributed by atoms with van der Waals surface area (Å²) in [5.41, 5.74) is 4.71. The molecule has 0 unspecified atom stereocenters. The molecule has 43 heavy (non-hydrogen) atoms. The number of rotatable bonds is 8. The van der Waals surface area contributed by atoms with Gasteiger partial charge in [0.05, 0.1) is 40.1 Å². The van der Waals surface area contributed by atoms with Gasteiger partial charge in [-0.15, -0.1) is 5.10 Å². The molecule has 0 saturated heterocycles. The Morgan fingerprint density at radius 3 is 2.40 bits per heavy atom. The Morgan fingerprint density at radius 1 is 1.02 bits per heavy atom. The highest BCUT2D eigenvalue weighted by atomic mass is 19.1. The summed E-state index contributed by atoms with van der Waals surface area (Å²) in [5.74, 6) is -0.345. The predicted molar refractivity (Wildman–Crippen MR) is 162 cm³/mol. The van der Waals surface area contributed by atoms with Crippen LogP contribution in [0.15, 0.2) is 73.3 Å². The van der Waals surface area contributed by atoms with E-state index in [0.29, 0.717) is 45.6 Å². The molecule has 0 bridgehead atoms. The molecule has 1 fully saturated rings. The van der Waals surface area contributed by atoms with Crippen LogP contribution in [-0.4, -0.2) is 31.5 Å². The number of fused-ring (bicyclic) bond motifs is 1. The van der Waals surface area contributed by atoms with Crippen LogP contribution in [0.4, 0.5) is 15.8 Å². The zero-order chi connectivity index (χ0) is 30.2. The number of benzene rings is 2. The number of anilines is 2. The van der Waals surface area contributed by atoms with Gasteiger partial charge in [0.15, 0.2) is 0 Å². The van der Waals surface area contributed by atoms with Crippen molar-refractivity contribution < 1.29 is 4.39 Å². The number of hydrogen-bond donors (Lipinski definition) is 2. The van der Waals surface area contributed by atoms with Crippen molar-refractivity contribution >= 4 is 22.3 Å². The minimum Gasteiger partial charge on any atom is -0.383 e. The zero-order valence-corrected chi connectivity index (χ0v) is 24.1. The first kappa shape index (κ1) is 27.8. The first-order valence-electron chi connectivity index (χ1n) is 14.1. The van der Waals surface area contributed by atoms with Gasteiger partial charge in [-0.05, 0) is 65.8 Å². The summed E-state index contributed by atoms with van der Waals surface area (Å²) >= 11 is 0. The molecule has 2 N–H and O–H groups in total. The van der Waals surface area contributed by atoms with Crippen molar-refractivity contribution in [3.63, 3.8) is 0 Å². The van der Waals surface area contributed by atoms with E-state index in [9.17, 15) is 14.9 Å². The van der Waals surface area contributed by atoms with E-state index in [-0.39, 0.29) is 16.8 Å². The lowest BCUT2D eigenvalue weighted by Gasteiger charge is -2.22. The van der Waals surface area contributed by atoms with Crippen molar-refractivity contribution in [3.8, 4) is 12.1 Å². The molecule has 2 aromatic carbocycles. The van der Waals surface area contributed by atoms with Crippen LogP contribution >= 0.6 is 0 Å². The van der Waals surface area contributed by atoms with E-state index in [1.54, 1.807) is 30.6 Å². The van der Waals surface area contributed by atoms with Crippen LogP contribution in [0.1, 0.15) is 67.6 Å². The SMILES string of the molecule is CC(C)(C)CNc1c(C#N)cnc2c(C#N)cc(N[C@@H](c3ccc(F)cc3)c3cn(C4(c5ccncc5)CC4)nn3)cc12. The standard InChI is InChI=1S/C33H30FN9/c1-32(2,3)20-39-30-23(17-36)18-38-29-22(16-35)14-26(15-27(29)30)40-31(21-4-6-25(34)7-5-21)28-19-43(42-41-28)33(10-11-33)24-8-12-37-13-9-24/h4-9,12-15,18-19,31,40H,10-11,20H2,1-3H3,(H,38,39)/t31-/m0/s1. The lowest BCUT2D eigenvalue weighted by atomic mass is 9.96. The second-order valence-electron chi connectivity index (χ2n) is 12.1. The summed E-state index contributed by atoms with van der Waals surface area (Å²) in [6, 6.07) is 17.8. The lowest BCUT2D eigenvalue weighted by molar-refractivity contribution is 0.443. The van der Waals surface area contributed by atoms with Gasteiger partial charge in [-0.1, -0.05) is 38.1 Å². The number of pyridine rings is 2. The van der Waals surface area contributed by atoms with Crippen LogP contribution < -0.4 is 10.6 Å². The molecular weight excluding hydrogens is 541 g/mol. The van der Waals surface area contributed by atoms with E-state index in [0.717, 1.165) is 24.0 Å². The van der Waals surface area contributed by atoms with Crippen molar-refractivity contribution in [1.82, 2.24) is 25.0 Å². The normalized spacial score (nSPS) is 14.5. The van der Waals surface area contributed by atoms with E-state index in [1.165, 1.54) is 18.3 Å². The topological polar surface area (TPSA) is 128 Å². The van der Waals surface area contributed by atoms with Gasteiger partial charge in [-0.2, -0.15) is 10.5 Å². The molecule has 0 amide bonds. The molecule has 1 aliphatic carbocycles. The molecule has 0 radical (unpaired) electrons. The van der Waals surface area contributed by atoms with Gasteiger partial charge in [0.25, 0.3) is 0 Å². The number of nitrogens with one attached hydrogen (secondary N) is 2. The summed E-state index contributed by atoms with van der Waals surface area (Å²) in [6.07, 6.45) is 8.84. The molecule has 10 heteroatoms. The molecular formula is C33H30FN9. The first-order valence-corrected chi connectivity index (χ1v) is 14.1. The minimum atomic E-state index is -0.510. The van der Waals surface area contributed by atoms with Crippen molar-refractivity contribution in [2.75, 3.05) is 17.2 Å². The highest BCUT2D eigenvalue weighted by Crippen LogP contribution is 2.49. The lowest BCUT2D eigenvalue weighted by Crippen LogP contribution is -2.20. The van der Waals surface area contributed by atoms with Crippen molar-refractivity contribution in [2.45, 2.75) is 45.2 Å². The Balaban J connectivity index is 1.44. The summed E-state index contributed by atoms with van der Waals surface area (Å²) in [5, 5.41) is 36.6. The Morgan fingerprint density at radius 2 is 1.74 bits per heavy atom. The summed E-state index contributed by atoms with van der Waals surface area (Å²) < 4.78 is 15.8. The summed E-state index contributed by atoms with van der Waals surface area (Å²) in [4.78, 5) is 8.60. The third-order valence-electron chi connectivity index (χ3n) is 7.71. The van der Waals surface area contributed by atoms with Gasteiger partial charge in [-0.3, -0.25) is 9.97 Å². The third kappa shape index (κ3) is 5.47. The molecule has 214 valence electrons. The molecule has 3 aromatic heterocycles. The van der Waals surface area contributed by atoms with E-state index < -0.39 is 6.04 Å². The number of nitrogens with zero attached hydrogens (tertiary/aromatic N) is 7. The maximum Gasteiger partial charge on any atom is 0.123 e. The maximum absolute atomic E-state index is 13.9. The smallest absolute Gasteiger partial charge is 0.123 e. The number of halogens is 1. The maximum atomic E-state index is 13.9. The fourth-order valence-electron chi connectivity index (χ4n) is 5.30. The number of hydrogen-bond acceptors (Lipinski definition) is 8. The second-order valence-corrected chi connectivity index (χ2v) is 12.1. The Bertz CT molecular complexity index is 1870. The molecule has 5 aromatic rings. The quantitative estimate of drug-likeness (QED) is 0.222. The molecule has 6 rings (SSSR count).